The number of carbonyl (C=O) groups excluding carboxylic acids is 2. The Morgan fingerprint density at radius 3 is 2.95 bits per heavy atom. The van der Waals surface area contributed by atoms with Gasteiger partial charge in [0.2, 0.25) is 5.91 Å². The molecule has 116 valence electrons. The summed E-state index contributed by atoms with van der Waals surface area (Å²) in [6.07, 6.45) is -0.709. The molecule has 1 saturated heterocycles. The number of alkyl halides is 1. The zero-order valence-corrected chi connectivity index (χ0v) is 14.2. The quantitative estimate of drug-likeness (QED) is 0.332. The predicted octanol–water partition coefficient (Wildman–Crippen LogP) is 1.74. The molecule has 1 fully saturated rings. The molecule has 0 aliphatic carbocycles. The summed E-state index contributed by atoms with van der Waals surface area (Å²) in [5.74, 6) is 0.351. The molecule has 0 saturated carbocycles. The van der Waals surface area contributed by atoms with Crippen LogP contribution in [0, 0.1) is 11.3 Å². The van der Waals surface area contributed by atoms with Crippen LogP contribution in [-0.4, -0.2) is 63.3 Å². The Bertz CT molecular complexity index is 496. The number of nitrogens with zero attached hydrogens (tertiary/aromatic N) is 4. The number of rotatable bonds is 4. The molecule has 0 bridgehead atoms. The summed E-state index contributed by atoms with van der Waals surface area (Å²) in [4.78, 5) is 29.4. The average molecular weight is 351 g/mol. The van der Waals surface area contributed by atoms with Crippen LogP contribution in [0.15, 0.2) is 5.16 Å². The Morgan fingerprint density at radius 2 is 2.43 bits per heavy atom. The van der Waals surface area contributed by atoms with E-state index in [-0.39, 0.29) is 17.5 Å². The number of oxime groups is 1. The fraction of sp³-hybridized carbons (Fsp3) is 0.636. The number of amides is 2. The lowest BCUT2D eigenvalue weighted by atomic mass is 10.2. The van der Waals surface area contributed by atoms with Crippen LogP contribution in [0.4, 0.5) is 4.79 Å². The second-order valence-electron chi connectivity index (χ2n) is 4.45. The summed E-state index contributed by atoms with van der Waals surface area (Å²) in [6.45, 7) is 1.93. The lowest BCUT2D eigenvalue weighted by molar-refractivity contribution is -0.126. The molecule has 1 atom stereocenters. The fourth-order valence-electron chi connectivity index (χ4n) is 1.21. The van der Waals surface area contributed by atoms with E-state index in [4.69, 9.17) is 21.7 Å². The van der Waals surface area contributed by atoms with Gasteiger partial charge in [0.05, 0.1) is 24.2 Å². The molecular formula is C11H15ClN4O3S2. The SMILES string of the molecule is CN1CC(=NOC(=O)N(C)SC(C)(C#N)CCl)SCC1=O. The van der Waals surface area contributed by atoms with E-state index in [0.29, 0.717) is 11.6 Å². The molecule has 10 heteroatoms. The van der Waals surface area contributed by atoms with Crippen LogP contribution in [0.3, 0.4) is 0 Å². The molecule has 2 amide bonds. The van der Waals surface area contributed by atoms with Gasteiger partial charge in [-0.05, 0) is 18.9 Å². The van der Waals surface area contributed by atoms with Crippen LogP contribution in [0.5, 0.6) is 0 Å². The van der Waals surface area contributed by atoms with E-state index in [1.165, 1.54) is 23.7 Å². The van der Waals surface area contributed by atoms with Gasteiger partial charge in [-0.25, -0.2) is 4.79 Å². The number of hydrogen-bond acceptors (Lipinski definition) is 7. The van der Waals surface area contributed by atoms with Gasteiger partial charge in [-0.15, -0.1) is 11.6 Å². The molecule has 0 N–H and O–H groups in total. The molecule has 1 aliphatic rings. The van der Waals surface area contributed by atoms with Crippen molar-refractivity contribution in [1.82, 2.24) is 9.21 Å². The van der Waals surface area contributed by atoms with Gasteiger partial charge in [-0.2, -0.15) is 5.26 Å². The lowest BCUT2D eigenvalue weighted by Crippen LogP contribution is -2.37. The van der Waals surface area contributed by atoms with Crippen molar-refractivity contribution in [3.05, 3.63) is 0 Å². The first-order valence-corrected chi connectivity index (χ1v) is 8.15. The standard InChI is InChI=1S/C11H15ClN4O3S2/c1-11(6-12,7-13)21-16(3)10(18)19-14-8-4-15(2)9(17)5-20-8/h4-6H2,1-3H3. The third-order valence-corrected chi connectivity index (χ3v) is 5.16. The zero-order chi connectivity index (χ0) is 16.0. The highest BCUT2D eigenvalue weighted by Crippen LogP contribution is 2.28. The molecule has 1 rings (SSSR count). The number of carbonyl (C=O) groups is 2. The van der Waals surface area contributed by atoms with Crippen molar-refractivity contribution in [2.24, 2.45) is 5.16 Å². The molecule has 0 radical (unpaired) electrons. The second kappa shape index (κ2) is 7.77. The number of halogens is 1. The first kappa shape index (κ1) is 17.9. The van der Waals surface area contributed by atoms with Crippen molar-refractivity contribution in [2.75, 3.05) is 32.3 Å². The maximum atomic E-state index is 11.8. The van der Waals surface area contributed by atoms with Crippen LogP contribution in [0.2, 0.25) is 0 Å². The maximum absolute atomic E-state index is 11.8. The van der Waals surface area contributed by atoms with Crippen LogP contribution >= 0.6 is 35.3 Å². The second-order valence-corrected chi connectivity index (χ2v) is 7.39. The van der Waals surface area contributed by atoms with Gasteiger partial charge >= 0.3 is 6.09 Å². The van der Waals surface area contributed by atoms with E-state index in [2.05, 4.69) is 5.16 Å². The molecule has 7 nitrogen and oxygen atoms in total. The van der Waals surface area contributed by atoms with E-state index < -0.39 is 10.8 Å². The normalized spacial score (nSPS) is 19.9. The highest BCUT2D eigenvalue weighted by atomic mass is 35.5. The van der Waals surface area contributed by atoms with Gasteiger partial charge in [-0.3, -0.25) is 13.9 Å². The van der Waals surface area contributed by atoms with Crippen LogP contribution in [0.1, 0.15) is 6.92 Å². The molecule has 1 aliphatic heterocycles. The van der Waals surface area contributed by atoms with Crippen molar-refractivity contribution >= 4 is 52.4 Å². The third-order valence-electron chi connectivity index (χ3n) is 2.47. The molecular weight excluding hydrogens is 336 g/mol. The Balaban J connectivity index is 2.54. The summed E-state index contributed by atoms with van der Waals surface area (Å²) in [7, 11) is 3.12. The van der Waals surface area contributed by atoms with Crippen LogP contribution in [0.25, 0.3) is 0 Å². The van der Waals surface area contributed by atoms with Crippen LogP contribution < -0.4 is 0 Å². The first-order valence-electron chi connectivity index (χ1n) is 5.86. The molecule has 1 heterocycles. The Hall–Kier alpha value is -1.11. The van der Waals surface area contributed by atoms with Gasteiger partial charge in [-0.1, -0.05) is 16.9 Å². The largest absolute Gasteiger partial charge is 0.445 e. The Morgan fingerprint density at radius 1 is 1.76 bits per heavy atom. The minimum Gasteiger partial charge on any atom is -0.338 e. The average Bonchev–Trinajstić information content (AvgIpc) is 2.47. The Labute approximate surface area is 136 Å². The highest BCUT2D eigenvalue weighted by molar-refractivity contribution is 8.14. The topological polar surface area (TPSA) is 86.0 Å². The van der Waals surface area contributed by atoms with E-state index >= 15 is 0 Å². The third kappa shape index (κ3) is 5.30. The summed E-state index contributed by atoms with van der Waals surface area (Å²) >= 11 is 7.90. The lowest BCUT2D eigenvalue weighted by Gasteiger charge is -2.24. The maximum Gasteiger partial charge on any atom is 0.445 e. The van der Waals surface area contributed by atoms with Gasteiger partial charge in [0.15, 0.2) is 0 Å². The highest BCUT2D eigenvalue weighted by Gasteiger charge is 2.29. The number of nitriles is 1. The molecule has 0 aromatic rings. The van der Waals surface area contributed by atoms with Gasteiger partial charge < -0.3 is 4.90 Å². The summed E-state index contributed by atoms with van der Waals surface area (Å²) < 4.78 is 0.243. The summed E-state index contributed by atoms with van der Waals surface area (Å²) in [5, 5.41) is 13.3. The molecule has 1 unspecified atom stereocenters. The van der Waals surface area contributed by atoms with Crippen molar-refractivity contribution < 1.29 is 14.4 Å². The van der Waals surface area contributed by atoms with Crippen molar-refractivity contribution in [3.63, 3.8) is 0 Å². The summed E-state index contributed by atoms with van der Waals surface area (Å²) in [5.41, 5.74) is 0. The van der Waals surface area contributed by atoms with E-state index in [1.807, 2.05) is 6.07 Å². The van der Waals surface area contributed by atoms with E-state index in [9.17, 15) is 9.59 Å². The molecule has 21 heavy (non-hydrogen) atoms. The van der Waals surface area contributed by atoms with Crippen molar-refractivity contribution in [3.8, 4) is 6.07 Å². The van der Waals surface area contributed by atoms with Gasteiger partial charge in [0.1, 0.15) is 9.79 Å². The number of thioether (sulfide) groups is 1. The van der Waals surface area contributed by atoms with Crippen LogP contribution in [-0.2, 0) is 9.63 Å². The van der Waals surface area contributed by atoms with E-state index in [1.54, 1.807) is 14.0 Å². The number of hydrogen-bond donors (Lipinski definition) is 0. The minimum atomic E-state index is -0.922. The minimum absolute atomic E-state index is 0.00449. The van der Waals surface area contributed by atoms with Crippen molar-refractivity contribution in [2.45, 2.75) is 11.7 Å². The molecule has 0 spiro atoms. The van der Waals surface area contributed by atoms with Crippen molar-refractivity contribution in [1.29, 1.82) is 5.26 Å². The first-order chi connectivity index (χ1) is 9.81. The van der Waals surface area contributed by atoms with Gasteiger partial charge in [0, 0.05) is 14.1 Å². The Kier molecular flexibility index (Phi) is 6.64. The predicted molar refractivity (Wildman–Crippen MR) is 84.1 cm³/mol. The monoisotopic (exact) mass is 350 g/mol. The summed E-state index contributed by atoms with van der Waals surface area (Å²) in [6, 6.07) is 2.03. The van der Waals surface area contributed by atoms with E-state index in [0.717, 1.165) is 16.3 Å². The fourth-order valence-corrected chi connectivity index (χ4v) is 3.10. The zero-order valence-electron chi connectivity index (χ0n) is 11.8. The smallest absolute Gasteiger partial charge is 0.338 e. The molecule has 0 aromatic carbocycles. The van der Waals surface area contributed by atoms with Gasteiger partial charge in [0.25, 0.3) is 0 Å². The molecule has 0 aromatic heterocycles.